The minimum Gasteiger partial charge on any atom is -0.325 e. The van der Waals surface area contributed by atoms with E-state index in [0.29, 0.717) is 5.69 Å². The number of hydrogen-bond acceptors (Lipinski definition) is 7. The van der Waals surface area contributed by atoms with Gasteiger partial charge in [0.25, 0.3) is 0 Å². The third kappa shape index (κ3) is 4.23. The lowest BCUT2D eigenvalue weighted by molar-refractivity contribution is -0.113. The average Bonchev–Trinajstić information content (AvgIpc) is 3.43. The lowest BCUT2D eigenvalue weighted by atomic mass is 10.1. The van der Waals surface area contributed by atoms with E-state index >= 15 is 0 Å². The largest absolute Gasteiger partial charge is 0.325 e. The van der Waals surface area contributed by atoms with Crippen LogP contribution in [0.4, 0.5) is 5.69 Å². The van der Waals surface area contributed by atoms with Crippen molar-refractivity contribution in [1.29, 1.82) is 0 Å². The summed E-state index contributed by atoms with van der Waals surface area (Å²) < 4.78 is 3.58. The first-order valence-electron chi connectivity index (χ1n) is 9.41. The predicted molar refractivity (Wildman–Crippen MR) is 114 cm³/mol. The molecule has 0 fully saturated rings. The SMILES string of the molecule is CCn1c(SCC(=O)Nc2ccc(-n3cnnn3)cc2)nnc1-c1ccccc1C. The molecule has 4 aromatic rings. The number of hydrogen-bond donors (Lipinski definition) is 1. The molecule has 0 spiro atoms. The summed E-state index contributed by atoms with van der Waals surface area (Å²) in [7, 11) is 0. The van der Waals surface area contributed by atoms with Crippen LogP contribution in [0.25, 0.3) is 17.1 Å². The van der Waals surface area contributed by atoms with E-state index in [4.69, 9.17) is 0 Å². The number of nitrogens with zero attached hydrogens (tertiary/aromatic N) is 7. The molecule has 0 aliphatic carbocycles. The van der Waals surface area contributed by atoms with Crippen LogP contribution >= 0.6 is 11.8 Å². The number of aromatic nitrogens is 7. The van der Waals surface area contributed by atoms with Crippen molar-refractivity contribution >= 4 is 23.4 Å². The number of carbonyl (C=O) groups is 1. The highest BCUT2D eigenvalue weighted by molar-refractivity contribution is 7.99. The Balaban J connectivity index is 1.40. The maximum Gasteiger partial charge on any atom is 0.234 e. The van der Waals surface area contributed by atoms with Gasteiger partial charge in [-0.3, -0.25) is 4.79 Å². The van der Waals surface area contributed by atoms with Gasteiger partial charge in [-0.2, -0.15) is 0 Å². The summed E-state index contributed by atoms with van der Waals surface area (Å²) in [5.74, 6) is 0.940. The quantitative estimate of drug-likeness (QED) is 0.458. The second kappa shape index (κ2) is 8.87. The second-order valence-electron chi connectivity index (χ2n) is 6.50. The minimum atomic E-state index is -0.113. The molecule has 1 amide bonds. The standard InChI is InChI=1S/C20H20N8OS/c1-3-27-19(17-7-5-4-6-14(17)2)23-24-20(27)30-12-18(29)22-15-8-10-16(11-9-15)28-13-21-25-26-28/h4-11,13H,3,12H2,1-2H3,(H,22,29). The number of tetrazole rings is 1. The van der Waals surface area contributed by atoms with E-state index < -0.39 is 0 Å². The zero-order chi connectivity index (χ0) is 20.9. The van der Waals surface area contributed by atoms with Crippen LogP contribution < -0.4 is 5.32 Å². The molecule has 30 heavy (non-hydrogen) atoms. The Labute approximate surface area is 177 Å². The highest BCUT2D eigenvalue weighted by Gasteiger charge is 2.15. The highest BCUT2D eigenvalue weighted by Crippen LogP contribution is 2.26. The first kappa shape index (κ1) is 19.8. The molecule has 2 aromatic heterocycles. The number of amides is 1. The van der Waals surface area contributed by atoms with Crippen LogP contribution in [0.3, 0.4) is 0 Å². The number of anilines is 1. The van der Waals surface area contributed by atoms with Crippen molar-refractivity contribution in [3.63, 3.8) is 0 Å². The monoisotopic (exact) mass is 420 g/mol. The van der Waals surface area contributed by atoms with E-state index in [9.17, 15) is 4.79 Å². The third-order valence-electron chi connectivity index (χ3n) is 4.52. The van der Waals surface area contributed by atoms with E-state index in [2.05, 4.69) is 44.0 Å². The molecule has 4 rings (SSSR count). The molecule has 0 atom stereocenters. The van der Waals surface area contributed by atoms with Gasteiger partial charge >= 0.3 is 0 Å². The second-order valence-corrected chi connectivity index (χ2v) is 7.45. The molecule has 0 aliphatic heterocycles. The van der Waals surface area contributed by atoms with E-state index in [0.717, 1.165) is 34.3 Å². The molecule has 0 saturated carbocycles. The maximum absolute atomic E-state index is 12.4. The third-order valence-corrected chi connectivity index (χ3v) is 5.48. The Kier molecular flexibility index (Phi) is 5.84. The van der Waals surface area contributed by atoms with Crippen LogP contribution in [0.15, 0.2) is 60.0 Å². The summed E-state index contributed by atoms with van der Waals surface area (Å²) in [4.78, 5) is 12.4. The van der Waals surface area contributed by atoms with E-state index in [1.165, 1.54) is 18.1 Å². The van der Waals surface area contributed by atoms with Gasteiger partial charge in [0.1, 0.15) is 6.33 Å². The van der Waals surface area contributed by atoms with Gasteiger partial charge in [-0.05, 0) is 54.1 Å². The molecule has 0 saturated heterocycles. The predicted octanol–water partition coefficient (Wildman–Crippen LogP) is 2.98. The number of benzene rings is 2. The summed E-state index contributed by atoms with van der Waals surface area (Å²) in [5.41, 5.74) is 3.70. The molecule has 1 N–H and O–H groups in total. The van der Waals surface area contributed by atoms with Gasteiger partial charge in [-0.1, -0.05) is 36.0 Å². The summed E-state index contributed by atoms with van der Waals surface area (Å²) in [6.45, 7) is 4.82. The molecular formula is C20H20N8OS. The summed E-state index contributed by atoms with van der Waals surface area (Å²) in [5, 5.41) is 23.3. The topological polar surface area (TPSA) is 103 Å². The zero-order valence-electron chi connectivity index (χ0n) is 16.6. The first-order chi connectivity index (χ1) is 14.7. The van der Waals surface area contributed by atoms with Crippen LogP contribution in [0.5, 0.6) is 0 Å². The average molecular weight is 421 g/mol. The van der Waals surface area contributed by atoms with E-state index in [1.54, 1.807) is 4.68 Å². The van der Waals surface area contributed by atoms with Crippen molar-refractivity contribution in [3.05, 3.63) is 60.4 Å². The summed E-state index contributed by atoms with van der Waals surface area (Å²) >= 11 is 1.37. The van der Waals surface area contributed by atoms with Gasteiger partial charge in [0.2, 0.25) is 5.91 Å². The van der Waals surface area contributed by atoms with Crippen molar-refractivity contribution in [1.82, 2.24) is 35.0 Å². The smallest absolute Gasteiger partial charge is 0.234 e. The molecule has 2 heterocycles. The van der Waals surface area contributed by atoms with Gasteiger partial charge in [0, 0.05) is 17.8 Å². The summed E-state index contributed by atoms with van der Waals surface area (Å²) in [6, 6.07) is 15.4. The fraction of sp³-hybridized carbons (Fsp3) is 0.200. The Hall–Kier alpha value is -3.53. The Morgan fingerprint density at radius 2 is 1.90 bits per heavy atom. The first-order valence-corrected chi connectivity index (χ1v) is 10.4. The van der Waals surface area contributed by atoms with Crippen LogP contribution in [0.2, 0.25) is 0 Å². The number of carbonyl (C=O) groups excluding carboxylic acids is 1. The fourth-order valence-corrected chi connectivity index (χ4v) is 3.81. The molecule has 0 bridgehead atoms. The molecular weight excluding hydrogens is 400 g/mol. The number of nitrogens with one attached hydrogen (secondary N) is 1. The van der Waals surface area contributed by atoms with Crippen molar-refractivity contribution in [3.8, 4) is 17.1 Å². The van der Waals surface area contributed by atoms with Crippen molar-refractivity contribution in [2.24, 2.45) is 0 Å². The van der Waals surface area contributed by atoms with E-state index in [-0.39, 0.29) is 11.7 Å². The summed E-state index contributed by atoms with van der Waals surface area (Å²) in [6.07, 6.45) is 1.51. The zero-order valence-corrected chi connectivity index (χ0v) is 17.4. The number of rotatable bonds is 7. The molecule has 152 valence electrons. The van der Waals surface area contributed by atoms with E-state index in [1.807, 2.05) is 54.0 Å². The van der Waals surface area contributed by atoms with Crippen molar-refractivity contribution < 1.29 is 4.79 Å². The lowest BCUT2D eigenvalue weighted by Crippen LogP contribution is -2.14. The van der Waals surface area contributed by atoms with Crippen molar-refractivity contribution in [2.45, 2.75) is 25.5 Å². The molecule has 9 nitrogen and oxygen atoms in total. The molecule has 2 aromatic carbocycles. The van der Waals surface area contributed by atoms with Crippen LogP contribution in [0, 0.1) is 6.92 Å². The number of aryl methyl sites for hydroxylation is 1. The van der Waals surface area contributed by atoms with Crippen LogP contribution in [0.1, 0.15) is 12.5 Å². The Morgan fingerprint density at radius 1 is 1.10 bits per heavy atom. The Morgan fingerprint density at radius 3 is 2.60 bits per heavy atom. The molecule has 0 radical (unpaired) electrons. The molecule has 10 heteroatoms. The number of thioether (sulfide) groups is 1. The molecule has 0 unspecified atom stereocenters. The van der Waals surface area contributed by atoms with Gasteiger partial charge in [0.05, 0.1) is 11.4 Å². The highest BCUT2D eigenvalue weighted by atomic mass is 32.2. The van der Waals surface area contributed by atoms with Crippen LogP contribution in [-0.4, -0.2) is 46.6 Å². The van der Waals surface area contributed by atoms with Crippen LogP contribution in [-0.2, 0) is 11.3 Å². The minimum absolute atomic E-state index is 0.113. The van der Waals surface area contributed by atoms with Crippen molar-refractivity contribution in [2.75, 3.05) is 11.1 Å². The molecule has 0 aliphatic rings. The normalized spacial score (nSPS) is 10.9. The lowest BCUT2D eigenvalue weighted by Gasteiger charge is -2.09. The fourth-order valence-electron chi connectivity index (χ4n) is 3.01. The van der Waals surface area contributed by atoms with Gasteiger partial charge in [-0.25, -0.2) is 4.68 Å². The maximum atomic E-state index is 12.4. The van der Waals surface area contributed by atoms with Gasteiger partial charge in [0.15, 0.2) is 11.0 Å². The Bertz CT molecular complexity index is 1140. The van der Waals surface area contributed by atoms with Gasteiger partial charge in [-0.15, -0.1) is 15.3 Å². The van der Waals surface area contributed by atoms with Gasteiger partial charge < -0.3 is 9.88 Å².